The largest absolute Gasteiger partial charge is 0.310 e. The van der Waals surface area contributed by atoms with Crippen LogP contribution in [0.3, 0.4) is 0 Å². The summed E-state index contributed by atoms with van der Waals surface area (Å²) in [6, 6.07) is 7.62. The average Bonchev–Trinajstić information content (AvgIpc) is 2.68. The molecule has 1 unspecified atom stereocenters. The van der Waals surface area contributed by atoms with E-state index in [-0.39, 0.29) is 11.4 Å². The van der Waals surface area contributed by atoms with Crippen LogP contribution in [0.25, 0.3) is 0 Å². The number of nitrogens with zero attached hydrogens (tertiary/aromatic N) is 1. The van der Waals surface area contributed by atoms with Crippen molar-refractivity contribution in [2.45, 2.75) is 38.3 Å². The van der Waals surface area contributed by atoms with Crippen molar-refractivity contribution in [2.24, 2.45) is 0 Å². The van der Waals surface area contributed by atoms with Crippen LogP contribution >= 0.6 is 0 Å². The van der Waals surface area contributed by atoms with E-state index in [1.165, 1.54) is 6.07 Å². The molecule has 1 heterocycles. The molecular formula is C15H23FN2. The van der Waals surface area contributed by atoms with Gasteiger partial charge in [-0.15, -0.1) is 0 Å². The van der Waals surface area contributed by atoms with E-state index < -0.39 is 0 Å². The molecule has 0 bridgehead atoms. The van der Waals surface area contributed by atoms with Gasteiger partial charge < -0.3 is 10.2 Å². The Bertz CT molecular complexity index is 403. The average molecular weight is 250 g/mol. The summed E-state index contributed by atoms with van der Waals surface area (Å²) >= 11 is 0. The molecule has 18 heavy (non-hydrogen) atoms. The fourth-order valence-electron chi connectivity index (χ4n) is 2.62. The molecule has 1 saturated heterocycles. The number of benzene rings is 1. The summed E-state index contributed by atoms with van der Waals surface area (Å²) in [6.07, 6.45) is 1.93. The SMILES string of the molecule is CN(CCc1ccccc1F)C1CNC(C)(C)C1. The molecule has 0 aliphatic carbocycles. The maximum Gasteiger partial charge on any atom is 0.126 e. The second-order valence-electron chi connectivity index (χ2n) is 5.94. The van der Waals surface area contributed by atoms with Crippen molar-refractivity contribution in [3.8, 4) is 0 Å². The Morgan fingerprint density at radius 2 is 2.11 bits per heavy atom. The summed E-state index contributed by atoms with van der Waals surface area (Å²) < 4.78 is 13.5. The van der Waals surface area contributed by atoms with E-state index in [1.54, 1.807) is 6.07 Å². The van der Waals surface area contributed by atoms with E-state index in [0.29, 0.717) is 6.04 Å². The maximum absolute atomic E-state index is 13.5. The lowest BCUT2D eigenvalue weighted by Gasteiger charge is -2.25. The van der Waals surface area contributed by atoms with E-state index in [2.05, 4.69) is 31.1 Å². The van der Waals surface area contributed by atoms with E-state index in [4.69, 9.17) is 0 Å². The van der Waals surface area contributed by atoms with Crippen LogP contribution in [0.15, 0.2) is 24.3 Å². The van der Waals surface area contributed by atoms with Crippen LogP contribution in [0.4, 0.5) is 4.39 Å². The summed E-state index contributed by atoms with van der Waals surface area (Å²) in [7, 11) is 2.13. The van der Waals surface area contributed by atoms with Crippen molar-refractivity contribution in [3.05, 3.63) is 35.6 Å². The predicted octanol–water partition coefficient (Wildman–Crippen LogP) is 2.44. The molecule has 1 aliphatic heterocycles. The summed E-state index contributed by atoms with van der Waals surface area (Å²) in [5.41, 5.74) is 1.05. The Morgan fingerprint density at radius 1 is 1.39 bits per heavy atom. The highest BCUT2D eigenvalue weighted by Gasteiger charge is 2.32. The first-order chi connectivity index (χ1) is 8.48. The molecule has 2 nitrogen and oxygen atoms in total. The topological polar surface area (TPSA) is 15.3 Å². The Hall–Kier alpha value is -0.930. The Balaban J connectivity index is 1.86. The number of hydrogen-bond acceptors (Lipinski definition) is 2. The molecule has 0 radical (unpaired) electrons. The Kier molecular flexibility index (Phi) is 4.03. The highest BCUT2D eigenvalue weighted by molar-refractivity contribution is 5.17. The first kappa shape index (κ1) is 13.5. The molecule has 100 valence electrons. The number of halogens is 1. The van der Waals surface area contributed by atoms with Gasteiger partial charge in [-0.25, -0.2) is 4.39 Å². The van der Waals surface area contributed by atoms with Crippen molar-refractivity contribution in [1.82, 2.24) is 10.2 Å². The summed E-state index contributed by atoms with van der Waals surface area (Å²) in [6.45, 7) is 6.40. The summed E-state index contributed by atoms with van der Waals surface area (Å²) in [5, 5.41) is 3.52. The summed E-state index contributed by atoms with van der Waals surface area (Å²) in [4.78, 5) is 2.34. The van der Waals surface area contributed by atoms with E-state index in [1.807, 2.05) is 12.1 Å². The fraction of sp³-hybridized carbons (Fsp3) is 0.600. The quantitative estimate of drug-likeness (QED) is 0.883. The molecular weight excluding hydrogens is 227 g/mol. The zero-order chi connectivity index (χ0) is 13.2. The molecule has 1 aliphatic rings. The number of hydrogen-bond donors (Lipinski definition) is 1. The van der Waals surface area contributed by atoms with Crippen LogP contribution in [0, 0.1) is 5.82 Å². The smallest absolute Gasteiger partial charge is 0.126 e. The van der Waals surface area contributed by atoms with E-state index in [0.717, 1.165) is 31.5 Å². The first-order valence-corrected chi connectivity index (χ1v) is 6.67. The van der Waals surface area contributed by atoms with Gasteiger partial charge in [0.1, 0.15) is 5.82 Å². The van der Waals surface area contributed by atoms with Crippen LogP contribution < -0.4 is 5.32 Å². The van der Waals surface area contributed by atoms with Gasteiger partial charge in [-0.05, 0) is 45.4 Å². The number of rotatable bonds is 4. The van der Waals surface area contributed by atoms with Gasteiger partial charge in [-0.1, -0.05) is 18.2 Å². The van der Waals surface area contributed by atoms with Crippen molar-refractivity contribution < 1.29 is 4.39 Å². The van der Waals surface area contributed by atoms with Crippen molar-refractivity contribution in [2.75, 3.05) is 20.1 Å². The van der Waals surface area contributed by atoms with Gasteiger partial charge in [-0.2, -0.15) is 0 Å². The third kappa shape index (κ3) is 3.30. The minimum Gasteiger partial charge on any atom is -0.310 e. The van der Waals surface area contributed by atoms with Gasteiger partial charge in [0.15, 0.2) is 0 Å². The molecule has 0 saturated carbocycles. The van der Waals surface area contributed by atoms with Gasteiger partial charge in [0.2, 0.25) is 0 Å². The lowest BCUT2D eigenvalue weighted by atomic mass is 10.0. The molecule has 1 aromatic rings. The van der Waals surface area contributed by atoms with Crippen molar-refractivity contribution >= 4 is 0 Å². The van der Waals surface area contributed by atoms with Crippen LogP contribution in [-0.2, 0) is 6.42 Å². The molecule has 0 spiro atoms. The van der Waals surface area contributed by atoms with Gasteiger partial charge in [0.05, 0.1) is 0 Å². The third-order valence-corrected chi connectivity index (χ3v) is 3.88. The molecule has 2 rings (SSSR count). The standard InChI is InChI=1S/C15H23FN2/c1-15(2)10-13(11-17-15)18(3)9-8-12-6-4-5-7-14(12)16/h4-7,13,17H,8-11H2,1-3H3. The lowest BCUT2D eigenvalue weighted by Crippen LogP contribution is -2.34. The lowest BCUT2D eigenvalue weighted by molar-refractivity contribution is 0.250. The second-order valence-corrected chi connectivity index (χ2v) is 5.94. The van der Waals surface area contributed by atoms with Crippen molar-refractivity contribution in [1.29, 1.82) is 0 Å². The molecule has 0 amide bonds. The van der Waals surface area contributed by atoms with Crippen LogP contribution in [-0.4, -0.2) is 36.6 Å². The minimum absolute atomic E-state index is 0.0872. The van der Waals surface area contributed by atoms with Gasteiger partial charge in [-0.3, -0.25) is 0 Å². The Labute approximate surface area is 109 Å². The first-order valence-electron chi connectivity index (χ1n) is 6.67. The predicted molar refractivity (Wildman–Crippen MR) is 73.2 cm³/mol. The zero-order valence-corrected chi connectivity index (χ0v) is 11.5. The monoisotopic (exact) mass is 250 g/mol. The molecule has 1 fully saturated rings. The summed E-state index contributed by atoms with van der Waals surface area (Å²) in [5.74, 6) is -0.0872. The number of nitrogens with one attached hydrogen (secondary N) is 1. The van der Waals surface area contributed by atoms with Crippen molar-refractivity contribution in [3.63, 3.8) is 0 Å². The zero-order valence-electron chi connectivity index (χ0n) is 11.5. The molecule has 0 aromatic heterocycles. The minimum atomic E-state index is -0.0872. The van der Waals surface area contributed by atoms with Gasteiger partial charge in [0.25, 0.3) is 0 Å². The third-order valence-electron chi connectivity index (χ3n) is 3.88. The molecule has 1 N–H and O–H groups in total. The molecule has 3 heteroatoms. The van der Waals surface area contributed by atoms with Crippen LogP contribution in [0.5, 0.6) is 0 Å². The second kappa shape index (κ2) is 5.37. The van der Waals surface area contributed by atoms with E-state index in [9.17, 15) is 4.39 Å². The Morgan fingerprint density at radius 3 is 2.72 bits per heavy atom. The van der Waals surface area contributed by atoms with Gasteiger partial charge >= 0.3 is 0 Å². The molecule has 1 aromatic carbocycles. The maximum atomic E-state index is 13.5. The van der Waals surface area contributed by atoms with E-state index >= 15 is 0 Å². The molecule has 1 atom stereocenters. The normalized spacial score (nSPS) is 22.6. The highest BCUT2D eigenvalue weighted by Crippen LogP contribution is 2.21. The van der Waals surface area contributed by atoms with Crippen LogP contribution in [0.1, 0.15) is 25.8 Å². The highest BCUT2D eigenvalue weighted by atomic mass is 19.1. The fourth-order valence-corrected chi connectivity index (χ4v) is 2.62. The van der Waals surface area contributed by atoms with Gasteiger partial charge in [0, 0.05) is 24.7 Å². The van der Waals surface area contributed by atoms with Crippen LogP contribution in [0.2, 0.25) is 0 Å². The number of likely N-dealkylation sites (N-methyl/N-ethyl adjacent to an activating group) is 1.